The third-order valence-electron chi connectivity index (χ3n) is 17.7. The first kappa shape index (κ1) is 31.5. The van der Waals surface area contributed by atoms with Crippen LogP contribution in [0.5, 0.6) is 46.0 Å². The van der Waals surface area contributed by atoms with Crippen LogP contribution >= 0.6 is 0 Å². The molecule has 12 rings (SSSR count). The fraction of sp³-hybridized carbons (Fsp3) is 0.708. The van der Waals surface area contributed by atoms with E-state index in [2.05, 4.69) is 0 Å². The van der Waals surface area contributed by atoms with Crippen molar-refractivity contribution in [3.05, 3.63) is 92.8 Å². The largest absolute Gasteiger partial charge is 0.493 e. The molecular weight excluding hydrogens is 1520 g/mol. The number of nitrogens with zero attached hydrogens (tertiary/aromatic N) is 4. The lowest BCUT2D eigenvalue weighted by atomic mass is 9.79. The van der Waals surface area contributed by atoms with Gasteiger partial charge in [-0.25, -0.2) is 0 Å². The van der Waals surface area contributed by atoms with E-state index >= 15 is 0 Å². The van der Waals surface area contributed by atoms with Crippen molar-refractivity contribution in [1.29, 1.82) is 0 Å². The average Bonchev–Trinajstić information content (AvgIpc) is 0.640. The highest BCUT2D eigenvalue weighted by Crippen LogP contribution is 2.50. The highest BCUT2D eigenvalue weighted by Gasteiger charge is 2.47. The van der Waals surface area contributed by atoms with Crippen molar-refractivity contribution in [3.63, 3.8) is 0 Å². The number of ether oxygens (including phenoxy) is 12. The van der Waals surface area contributed by atoms with Gasteiger partial charge in [-0.1, -0.05) is 110 Å². The molecule has 16 unspecified atom stereocenters. The van der Waals surface area contributed by atoms with E-state index in [0.717, 1.165) is 42.7 Å². The smallest absolute Gasteiger partial charge is 0.323 e. The molecule has 20 atom stereocenters. The predicted octanol–water partition coefficient (Wildman–Crippen LogP) is 14.3. The zero-order chi connectivity index (χ0) is 167. The molecule has 672 valence electrons. The van der Waals surface area contributed by atoms with Crippen molar-refractivity contribution in [2.24, 2.45) is 93.7 Å². The van der Waals surface area contributed by atoms with Crippen LogP contribution in [0.4, 0.5) is 0 Å². The first-order chi connectivity index (χ1) is 92.5. The molecule has 120 heavy (non-hydrogen) atoms. The van der Waals surface area contributed by atoms with Crippen LogP contribution in [0.3, 0.4) is 0 Å². The van der Waals surface area contributed by atoms with E-state index in [1.807, 2.05) is 0 Å². The fourth-order valence-corrected chi connectivity index (χ4v) is 12.3. The molecule has 0 aromatic heterocycles. The molecule has 8 aliphatic heterocycles. The van der Waals surface area contributed by atoms with Crippen LogP contribution in [0.1, 0.15) is 354 Å². The van der Waals surface area contributed by atoms with Crippen molar-refractivity contribution in [2.45, 2.75) is 259 Å². The maximum atomic E-state index is 13.9. The van der Waals surface area contributed by atoms with E-state index < -0.39 is 491 Å². The summed E-state index contributed by atoms with van der Waals surface area (Å²) in [6.45, 7) is -64.4. The zero-order valence-electron chi connectivity index (χ0n) is 157. The van der Waals surface area contributed by atoms with E-state index in [9.17, 15) is 48.0 Å². The molecule has 8 heterocycles. The number of fused-ring (bicyclic) bond motifs is 12. The van der Waals surface area contributed by atoms with Gasteiger partial charge in [-0.05, 0) is 191 Å². The van der Waals surface area contributed by atoms with E-state index in [1.165, 1.54) is 0 Å². The van der Waals surface area contributed by atoms with Crippen LogP contribution in [-0.4, -0.2) is 201 Å². The van der Waals surface area contributed by atoms with Gasteiger partial charge in [0.25, 0.3) is 0 Å². The summed E-state index contributed by atoms with van der Waals surface area (Å²) in [6.07, 6.45) is -48.5. The summed E-state index contributed by atoms with van der Waals surface area (Å²) in [6, 6.07) is -32.4. The predicted molar refractivity (Wildman–Crippen MR) is 471 cm³/mol. The van der Waals surface area contributed by atoms with Crippen molar-refractivity contribution in [3.8, 4) is 46.0 Å². The quantitative estimate of drug-likeness (QED) is 0.0303. The minimum Gasteiger partial charge on any atom is -0.493 e. The maximum absolute atomic E-state index is 13.9. The Hall–Kier alpha value is -7.16. The topological polar surface area (TPSA) is 296 Å². The number of hydrogen-bond donors (Lipinski definition) is 4. The Morgan fingerprint density at radius 1 is 0.375 bits per heavy atom. The van der Waals surface area contributed by atoms with Gasteiger partial charge in [-0.2, -0.15) is 0 Å². The molecule has 0 radical (unpaired) electrons. The summed E-state index contributed by atoms with van der Waals surface area (Å²) >= 11 is 0. The van der Waals surface area contributed by atoms with E-state index in [0.29, 0.717) is 47.3 Å². The van der Waals surface area contributed by atoms with Crippen molar-refractivity contribution in [1.82, 2.24) is 19.6 Å². The number of carbonyl (C=O) groups is 4. The minimum absolute atomic E-state index is 0.111. The van der Waals surface area contributed by atoms with Crippen LogP contribution in [0, 0.1) is 70.7 Å². The molecule has 4 saturated heterocycles. The van der Waals surface area contributed by atoms with Gasteiger partial charge in [0.2, 0.25) is 0 Å². The molecule has 0 bridgehead atoms. The second-order valence-corrected chi connectivity index (χ2v) is 26.0. The molecular formula is C96H152N8O16. The molecule has 4 aromatic carbocycles. The molecule has 0 aliphatic carbocycles. The molecule has 0 saturated carbocycles. The summed E-state index contributed by atoms with van der Waals surface area (Å²) in [5, 5.41) is 0. The van der Waals surface area contributed by atoms with Gasteiger partial charge in [-0.3, -0.25) is 38.8 Å². The molecule has 8 aliphatic rings. The van der Waals surface area contributed by atoms with Gasteiger partial charge in [0.15, 0.2) is 46.0 Å². The number of rotatable bonds is 28. The SMILES string of the molecule is [2H]c1c2c(c([2H])c(OC)c1OC([2H])([2H])[2H])C1N(CC2)C([2H])([2H])C([2H])(C([2H])([2H])C([2H])(C)C([2H])([2H])[2H])C(OC(=O)[C@@]([2H])(N)C([2H])(C([2H])([2H])[2H])C([2H])([2H])[2H])C1([2H])[2H].[2H]c1c2c(c([2H])c(OC)c1OC([2H])([2H])[2H])C1N(CC2)C([2H])([2H])C([2H])(C([2H])([2H])C([2H])(C)C([2H])([2H])[2H])C(OC(=O)[C@@]([2H])(N)C([2H])(C([2H])([2H])[2H])C([2H])([2H])[2H])C1([2H])[2H].[2H]c1c2c(c([2H])c(OC)c1OC)C1N(CC2)C([2H])([2H])C([2H])(C([2H])([2H])C([2H])(C)C([2H])([2H])[2H])C(OC(=O)[C@@]([2H])(N)C([2H])(C([2H])([2H])[2H])C([2H])([2H])[2H])C1([2H])[2H].[2H]c1c2c(c([2H])c(OC)c1OC)C1N(CC2)C([2H])([2H])C([2H])(C([2H])([2H])C([2H])(C)C([2H])([2H])[2H])C([2H])(OC(=O)[C@@]([2H])(N)C([2H])(C([2H])([2H])[2H])C([2H])([2H])[2H])C1([2H])[2H]. The Labute approximate surface area is 846 Å². The van der Waals surface area contributed by atoms with Crippen LogP contribution in [0.2, 0.25) is 0 Å². The van der Waals surface area contributed by atoms with Crippen LogP contribution < -0.4 is 60.8 Å². The van der Waals surface area contributed by atoms with Crippen LogP contribution in [0.25, 0.3) is 0 Å². The molecule has 0 spiro atoms. The third kappa shape index (κ3) is 23.8. The molecule has 8 N–H and O–H groups in total. The van der Waals surface area contributed by atoms with Gasteiger partial charge in [0.05, 0.1) is 82.8 Å². The van der Waals surface area contributed by atoms with E-state index in [-0.39, 0.29) is 40.2 Å². The van der Waals surface area contributed by atoms with Gasteiger partial charge >= 0.3 is 23.9 Å². The fourth-order valence-electron chi connectivity index (χ4n) is 12.3. The Morgan fingerprint density at radius 3 is 0.858 bits per heavy atom. The second kappa shape index (κ2) is 43.9. The molecule has 24 heteroatoms. The summed E-state index contributed by atoms with van der Waals surface area (Å²) in [4.78, 5) is 57.3. The first-order valence-electron chi connectivity index (χ1n) is 80.8. The molecule has 4 fully saturated rings. The molecule has 4 aromatic rings. The number of carbonyl (C=O) groups excluding carboxylic acids is 4. The van der Waals surface area contributed by atoms with Gasteiger partial charge in [-0.15, -0.1) is 0 Å². The lowest BCUT2D eigenvalue weighted by molar-refractivity contribution is -0.161. The van der Waals surface area contributed by atoms with E-state index in [1.54, 1.807) is 0 Å². The van der Waals surface area contributed by atoms with Crippen LogP contribution in [0.15, 0.2) is 48.3 Å². The van der Waals surface area contributed by atoms with Crippen molar-refractivity contribution < 1.29 is 201 Å². The highest BCUT2D eigenvalue weighted by molar-refractivity contribution is 5.77. The number of piperidine rings is 4. The minimum atomic E-state index is -4.61. The average molecular weight is 1770 g/mol. The monoisotopic (exact) mass is 1760 g/mol. The molecule has 24 nitrogen and oxygen atoms in total. The number of hydrogen-bond acceptors (Lipinski definition) is 24. The number of nitrogens with two attached hydrogens (primary N) is 4. The lowest BCUT2D eigenvalue weighted by Gasteiger charge is -2.47. The molecule has 0 amide bonds. The maximum Gasteiger partial charge on any atom is 0.323 e. The third-order valence-corrected chi connectivity index (χ3v) is 17.7. The van der Waals surface area contributed by atoms with E-state index in [4.69, 9.17) is 176 Å². The summed E-state index contributed by atoms with van der Waals surface area (Å²) in [5.74, 6) is -63.7. The lowest BCUT2D eigenvalue weighted by Crippen LogP contribution is -2.51. The normalized spacial score (nSPS) is 47.8. The zero-order valence-corrected chi connectivity index (χ0v) is 65.8. The summed E-state index contributed by atoms with van der Waals surface area (Å²) in [7, 11) is -0.225. The standard InChI is InChI=1S/4C24H38N2O4/c4*1-14(2)9-17-13-26-8-7-16-10-21(28-5)22(29-6)11-18(16)19(26)12-20(17)30-24(27)23(25)15(3)4/h4*10-11,14-15,17,19-20,23H,7-9,12-13,25H2,1-6H3/t4*17?,19?,20?,23-/m0000/s1/i1D3,3D3,4D3,9D2,10D,11D,12D2,13D2,14D,15D,17D,20D,23D;2*1D3,3D3,4D3,5D3,9D2,10D,11D,12D2,13D2,14D,15D,17D,23D;1D3,3D3,4D3,9D2,10D,11D,12D2,13D2,14D,15D,17D,23D/t4*14?,17?,19?,20?,23-. The second-order valence-electron chi connectivity index (χ2n) is 26.0. The number of esters is 4. The number of benzene rings is 4. The number of methoxy groups -OCH3 is 8. The van der Waals surface area contributed by atoms with Gasteiger partial charge < -0.3 is 79.8 Å². The summed E-state index contributed by atoms with van der Waals surface area (Å²) in [5.41, 5.74) is 19.1. The Kier molecular flexibility index (Phi) is 11.5. The van der Waals surface area contributed by atoms with Gasteiger partial charge in [0, 0.05) is 224 Å². The van der Waals surface area contributed by atoms with Crippen molar-refractivity contribution in [2.75, 3.05) is 109 Å². The van der Waals surface area contributed by atoms with Crippen LogP contribution in [-0.2, 0) is 63.8 Å². The Balaban J connectivity index is 0.000000303. The Morgan fingerprint density at radius 2 is 0.608 bits per heavy atom. The summed E-state index contributed by atoms with van der Waals surface area (Å²) < 4.78 is 824. The first-order valence-corrected chi connectivity index (χ1v) is 35.3. The Bertz CT molecular complexity index is 8040. The van der Waals surface area contributed by atoms with Gasteiger partial charge in [0.1, 0.15) is 48.5 Å². The van der Waals surface area contributed by atoms with Crippen molar-refractivity contribution >= 4 is 23.9 Å². The highest BCUT2D eigenvalue weighted by atomic mass is 16.6.